The number of hydrogen-bond acceptors (Lipinski definition) is 3. The highest BCUT2D eigenvalue weighted by Crippen LogP contribution is 2.19. The van der Waals surface area contributed by atoms with Crippen molar-refractivity contribution in [2.75, 3.05) is 12.0 Å². The minimum Gasteiger partial charge on any atom is -0.508 e. The molecular formula is C13H19NO2S. The Balaban J connectivity index is 2.79. The van der Waals surface area contributed by atoms with E-state index in [0.29, 0.717) is 11.1 Å². The Morgan fingerprint density at radius 2 is 2.24 bits per heavy atom. The van der Waals surface area contributed by atoms with Crippen molar-refractivity contribution in [3.8, 4) is 5.75 Å². The third-order valence-corrected chi connectivity index (χ3v) is 3.48. The molecule has 0 heterocycles. The third-order valence-electron chi connectivity index (χ3n) is 2.75. The van der Waals surface area contributed by atoms with E-state index in [9.17, 15) is 9.90 Å². The lowest BCUT2D eigenvalue weighted by atomic mass is 10.1. The van der Waals surface area contributed by atoms with Gasteiger partial charge in [0.1, 0.15) is 5.75 Å². The van der Waals surface area contributed by atoms with E-state index < -0.39 is 0 Å². The van der Waals surface area contributed by atoms with Crippen LogP contribution in [0, 0.1) is 6.92 Å². The highest BCUT2D eigenvalue weighted by atomic mass is 32.2. The van der Waals surface area contributed by atoms with Crippen LogP contribution in [0.2, 0.25) is 0 Å². The molecule has 0 saturated heterocycles. The number of hydrogen-bond donors (Lipinski definition) is 2. The Labute approximate surface area is 107 Å². The van der Waals surface area contributed by atoms with Gasteiger partial charge in [-0.15, -0.1) is 0 Å². The van der Waals surface area contributed by atoms with Gasteiger partial charge in [-0.2, -0.15) is 11.8 Å². The summed E-state index contributed by atoms with van der Waals surface area (Å²) in [6.45, 7) is 3.80. The van der Waals surface area contributed by atoms with E-state index in [4.69, 9.17) is 0 Å². The molecule has 1 aromatic rings. The monoisotopic (exact) mass is 253 g/mol. The Bertz CT molecular complexity index is 393. The van der Waals surface area contributed by atoms with E-state index in [1.165, 1.54) is 0 Å². The van der Waals surface area contributed by atoms with Gasteiger partial charge in [0, 0.05) is 22.9 Å². The first kappa shape index (κ1) is 13.9. The maximum atomic E-state index is 12.0. The lowest BCUT2D eigenvalue weighted by Gasteiger charge is -2.16. The highest BCUT2D eigenvalue weighted by Gasteiger charge is 2.14. The second-order valence-corrected chi connectivity index (χ2v) is 4.89. The maximum absolute atomic E-state index is 12.0. The minimum absolute atomic E-state index is 0.112. The van der Waals surface area contributed by atoms with Gasteiger partial charge in [0.25, 0.3) is 5.91 Å². The molecule has 0 aliphatic heterocycles. The van der Waals surface area contributed by atoms with Crippen molar-refractivity contribution in [3.63, 3.8) is 0 Å². The summed E-state index contributed by atoms with van der Waals surface area (Å²) in [6, 6.07) is 5.19. The summed E-state index contributed by atoms with van der Waals surface area (Å²) in [5.74, 6) is 0.954. The number of carbonyl (C=O) groups is 1. The van der Waals surface area contributed by atoms with Crippen LogP contribution in [0.15, 0.2) is 18.2 Å². The van der Waals surface area contributed by atoms with Crippen molar-refractivity contribution in [2.45, 2.75) is 26.3 Å². The van der Waals surface area contributed by atoms with Crippen LogP contribution in [0.4, 0.5) is 0 Å². The summed E-state index contributed by atoms with van der Waals surface area (Å²) in [4.78, 5) is 12.0. The van der Waals surface area contributed by atoms with Gasteiger partial charge in [0.15, 0.2) is 0 Å². The first-order valence-corrected chi connectivity index (χ1v) is 7.07. The summed E-state index contributed by atoms with van der Waals surface area (Å²) in [7, 11) is 0. The van der Waals surface area contributed by atoms with Crippen LogP contribution >= 0.6 is 11.8 Å². The Hall–Kier alpha value is -1.16. The molecule has 0 aromatic heterocycles. The fourth-order valence-corrected chi connectivity index (χ4v) is 2.32. The minimum atomic E-state index is -0.112. The molecule has 1 atom stereocenters. The molecule has 94 valence electrons. The molecule has 0 spiro atoms. The zero-order valence-corrected chi connectivity index (χ0v) is 11.3. The van der Waals surface area contributed by atoms with Crippen molar-refractivity contribution >= 4 is 17.7 Å². The molecule has 17 heavy (non-hydrogen) atoms. The van der Waals surface area contributed by atoms with Crippen LogP contribution in [0.1, 0.15) is 29.3 Å². The zero-order valence-electron chi connectivity index (χ0n) is 10.5. The second-order valence-electron chi connectivity index (χ2n) is 3.98. The van der Waals surface area contributed by atoms with E-state index in [0.717, 1.165) is 12.2 Å². The Morgan fingerprint density at radius 1 is 1.53 bits per heavy atom. The van der Waals surface area contributed by atoms with Gasteiger partial charge in [-0.05, 0) is 31.7 Å². The van der Waals surface area contributed by atoms with Crippen LogP contribution in [-0.4, -0.2) is 29.1 Å². The predicted molar refractivity (Wildman–Crippen MR) is 72.8 cm³/mol. The van der Waals surface area contributed by atoms with Gasteiger partial charge in [0.2, 0.25) is 0 Å². The molecule has 4 heteroatoms. The molecule has 0 bridgehead atoms. The largest absolute Gasteiger partial charge is 0.508 e. The number of carbonyl (C=O) groups excluding carboxylic acids is 1. The van der Waals surface area contributed by atoms with Crippen molar-refractivity contribution in [1.82, 2.24) is 5.32 Å². The first-order valence-electron chi connectivity index (χ1n) is 5.68. The van der Waals surface area contributed by atoms with Gasteiger partial charge in [-0.1, -0.05) is 13.0 Å². The second kappa shape index (κ2) is 6.55. The highest BCUT2D eigenvalue weighted by molar-refractivity contribution is 7.98. The normalized spacial score (nSPS) is 12.2. The number of rotatable bonds is 5. The number of phenols is 1. The molecule has 0 saturated carbocycles. The van der Waals surface area contributed by atoms with E-state index in [2.05, 4.69) is 12.2 Å². The van der Waals surface area contributed by atoms with E-state index in [1.54, 1.807) is 36.9 Å². The SMILES string of the molecule is CCC(CSC)NC(=O)c1cccc(O)c1C. The van der Waals surface area contributed by atoms with Crippen LogP contribution in [-0.2, 0) is 0 Å². The first-order chi connectivity index (χ1) is 8.10. The predicted octanol–water partition coefficient (Wildman–Crippen LogP) is 2.57. The number of benzene rings is 1. The molecule has 1 rings (SSSR count). The fourth-order valence-electron chi connectivity index (χ4n) is 1.60. The molecule has 1 unspecified atom stereocenters. The Morgan fingerprint density at radius 3 is 2.82 bits per heavy atom. The molecule has 1 amide bonds. The number of aromatic hydroxyl groups is 1. The lowest BCUT2D eigenvalue weighted by Crippen LogP contribution is -2.36. The van der Waals surface area contributed by atoms with Crippen LogP contribution in [0.25, 0.3) is 0 Å². The quantitative estimate of drug-likeness (QED) is 0.848. The van der Waals surface area contributed by atoms with E-state index in [1.807, 2.05) is 6.26 Å². The standard InChI is InChI=1S/C13H19NO2S/c1-4-10(8-17-3)14-13(16)11-6-5-7-12(15)9(11)2/h5-7,10,15H,4,8H2,1-3H3,(H,14,16). The number of nitrogens with one attached hydrogen (secondary N) is 1. The number of thioether (sulfide) groups is 1. The molecule has 0 aliphatic carbocycles. The van der Waals surface area contributed by atoms with Gasteiger partial charge in [0.05, 0.1) is 0 Å². The summed E-state index contributed by atoms with van der Waals surface area (Å²) in [5.41, 5.74) is 1.17. The van der Waals surface area contributed by atoms with Gasteiger partial charge < -0.3 is 10.4 Å². The molecule has 2 N–H and O–H groups in total. The topological polar surface area (TPSA) is 49.3 Å². The lowest BCUT2D eigenvalue weighted by molar-refractivity contribution is 0.0939. The number of phenolic OH excluding ortho intramolecular Hbond substituents is 1. The van der Waals surface area contributed by atoms with E-state index in [-0.39, 0.29) is 17.7 Å². The van der Waals surface area contributed by atoms with Crippen molar-refractivity contribution in [2.24, 2.45) is 0 Å². The smallest absolute Gasteiger partial charge is 0.251 e. The summed E-state index contributed by atoms with van der Waals surface area (Å²) < 4.78 is 0. The van der Waals surface area contributed by atoms with Crippen LogP contribution in [0.5, 0.6) is 5.75 Å². The molecule has 3 nitrogen and oxygen atoms in total. The number of amides is 1. The zero-order chi connectivity index (χ0) is 12.8. The fraction of sp³-hybridized carbons (Fsp3) is 0.462. The summed E-state index contributed by atoms with van der Waals surface area (Å²) in [5, 5.41) is 12.5. The van der Waals surface area contributed by atoms with Crippen LogP contribution in [0.3, 0.4) is 0 Å². The summed E-state index contributed by atoms with van der Waals surface area (Å²) >= 11 is 1.71. The van der Waals surface area contributed by atoms with Gasteiger partial charge >= 0.3 is 0 Å². The average Bonchev–Trinajstić information content (AvgIpc) is 2.31. The van der Waals surface area contributed by atoms with Crippen molar-refractivity contribution in [1.29, 1.82) is 0 Å². The van der Waals surface area contributed by atoms with Crippen LogP contribution < -0.4 is 5.32 Å². The molecule has 0 radical (unpaired) electrons. The molecule has 1 aromatic carbocycles. The molecular weight excluding hydrogens is 234 g/mol. The average molecular weight is 253 g/mol. The van der Waals surface area contributed by atoms with Crippen molar-refractivity contribution in [3.05, 3.63) is 29.3 Å². The molecule has 0 aliphatic rings. The van der Waals surface area contributed by atoms with E-state index >= 15 is 0 Å². The Kier molecular flexibility index (Phi) is 5.35. The summed E-state index contributed by atoms with van der Waals surface area (Å²) in [6.07, 6.45) is 2.93. The third kappa shape index (κ3) is 3.66. The van der Waals surface area contributed by atoms with Gasteiger partial charge in [-0.25, -0.2) is 0 Å². The van der Waals surface area contributed by atoms with Crippen molar-refractivity contribution < 1.29 is 9.90 Å². The maximum Gasteiger partial charge on any atom is 0.251 e. The van der Waals surface area contributed by atoms with Gasteiger partial charge in [-0.3, -0.25) is 4.79 Å². The molecule has 0 fully saturated rings.